The molecular weight excluding hydrogens is 719 g/mol. The largest absolute Gasteiger partial charge is 0.462 e. The van der Waals surface area contributed by atoms with Crippen molar-refractivity contribution in [1.82, 2.24) is 5.32 Å². The third kappa shape index (κ3) is 40.8. The number of nitrogens with one attached hydrogen (secondary N) is 1. The second-order valence-corrected chi connectivity index (χ2v) is 17.2. The number of unbranched alkanes of at least 4 members (excludes halogenated alkanes) is 27. The average Bonchev–Trinajstić information content (AvgIpc) is 3.22. The van der Waals surface area contributed by atoms with Crippen molar-refractivity contribution in [3.05, 3.63) is 36.5 Å². The molecule has 0 aliphatic carbocycles. The van der Waals surface area contributed by atoms with E-state index in [1.807, 2.05) is 0 Å². The van der Waals surface area contributed by atoms with Crippen molar-refractivity contribution in [3.8, 4) is 0 Å². The van der Waals surface area contributed by atoms with Gasteiger partial charge in [0.25, 0.3) is 0 Å². The van der Waals surface area contributed by atoms with Crippen LogP contribution in [0.1, 0.15) is 258 Å². The summed E-state index contributed by atoms with van der Waals surface area (Å²) >= 11 is 0. The Labute approximate surface area is 360 Å². The zero-order valence-electron chi connectivity index (χ0n) is 38.7. The maximum Gasteiger partial charge on any atom is 0.306 e. The number of carbonyl (C=O) groups is 2. The van der Waals surface area contributed by atoms with E-state index >= 15 is 0 Å². The third-order valence-corrected chi connectivity index (χ3v) is 11.5. The minimum Gasteiger partial charge on any atom is -0.462 e. The number of allylic oxidation sites excluding steroid dienone is 6. The van der Waals surface area contributed by atoms with Crippen molar-refractivity contribution in [1.29, 1.82) is 0 Å². The third-order valence-electron chi connectivity index (χ3n) is 11.5. The molecule has 0 saturated carbocycles. The summed E-state index contributed by atoms with van der Waals surface area (Å²) in [6.07, 6.45) is 53.4. The van der Waals surface area contributed by atoms with Gasteiger partial charge in [0.2, 0.25) is 5.91 Å². The molecule has 0 saturated heterocycles. The fourth-order valence-electron chi connectivity index (χ4n) is 7.61. The number of aliphatic hydroxyl groups is 2. The summed E-state index contributed by atoms with van der Waals surface area (Å²) in [5.74, 6) is -0.503. The van der Waals surface area contributed by atoms with E-state index in [1.165, 1.54) is 141 Å². The van der Waals surface area contributed by atoms with Gasteiger partial charge >= 0.3 is 5.97 Å². The van der Waals surface area contributed by atoms with Gasteiger partial charge in [-0.15, -0.1) is 0 Å². The summed E-state index contributed by atoms with van der Waals surface area (Å²) in [5.41, 5.74) is 0. The molecule has 0 aromatic carbocycles. The minimum absolute atomic E-state index is 0.0552. The van der Waals surface area contributed by atoms with Crippen molar-refractivity contribution in [2.75, 3.05) is 6.61 Å². The van der Waals surface area contributed by atoms with Crippen molar-refractivity contribution in [3.63, 3.8) is 0 Å². The molecule has 3 atom stereocenters. The Kier molecular flexibility index (Phi) is 44.6. The Morgan fingerprint density at radius 2 is 0.879 bits per heavy atom. The molecule has 0 rings (SSSR count). The van der Waals surface area contributed by atoms with Crippen LogP contribution in [0.4, 0.5) is 0 Å². The summed E-state index contributed by atoms with van der Waals surface area (Å²) in [4.78, 5) is 26.1. The molecule has 0 spiro atoms. The van der Waals surface area contributed by atoms with Crippen LogP contribution in [0, 0.1) is 0 Å². The smallest absolute Gasteiger partial charge is 0.306 e. The topological polar surface area (TPSA) is 95.9 Å². The molecular formula is C52H97NO5. The van der Waals surface area contributed by atoms with Crippen LogP contribution in [-0.2, 0) is 14.3 Å². The number of ether oxygens (including phenoxy) is 1. The Morgan fingerprint density at radius 1 is 0.500 bits per heavy atom. The molecule has 0 fully saturated rings. The highest BCUT2D eigenvalue weighted by atomic mass is 16.5. The van der Waals surface area contributed by atoms with Crippen molar-refractivity contribution < 1.29 is 24.5 Å². The van der Waals surface area contributed by atoms with Crippen LogP contribution in [0.25, 0.3) is 0 Å². The number of amides is 1. The number of carbonyl (C=O) groups excluding carboxylic acids is 2. The zero-order valence-corrected chi connectivity index (χ0v) is 38.7. The molecule has 0 aromatic rings. The maximum atomic E-state index is 13.2. The molecule has 340 valence electrons. The number of hydrogen-bond acceptors (Lipinski definition) is 5. The van der Waals surface area contributed by atoms with Crippen molar-refractivity contribution in [2.45, 2.75) is 277 Å². The van der Waals surface area contributed by atoms with Crippen LogP contribution < -0.4 is 5.32 Å². The molecule has 3 unspecified atom stereocenters. The molecule has 0 aromatic heterocycles. The van der Waals surface area contributed by atoms with Gasteiger partial charge in [0.1, 0.15) is 6.10 Å². The van der Waals surface area contributed by atoms with E-state index in [4.69, 9.17) is 4.74 Å². The first-order valence-corrected chi connectivity index (χ1v) is 25.2. The predicted octanol–water partition coefficient (Wildman–Crippen LogP) is 14.9. The number of hydrogen-bond donors (Lipinski definition) is 3. The van der Waals surface area contributed by atoms with Crippen LogP contribution in [-0.4, -0.2) is 46.9 Å². The first-order valence-electron chi connectivity index (χ1n) is 25.2. The summed E-state index contributed by atoms with van der Waals surface area (Å²) in [5, 5.41) is 23.7. The Hall–Kier alpha value is -1.92. The molecule has 0 aliphatic heterocycles. The van der Waals surface area contributed by atoms with Gasteiger partial charge in [0, 0.05) is 6.42 Å². The summed E-state index contributed by atoms with van der Waals surface area (Å²) in [6, 6.07) is -0.709. The Balaban J connectivity index is 4.64. The lowest BCUT2D eigenvalue weighted by molar-refractivity contribution is -0.151. The van der Waals surface area contributed by atoms with Gasteiger partial charge in [-0.25, -0.2) is 0 Å². The highest BCUT2D eigenvalue weighted by Crippen LogP contribution is 2.17. The molecule has 6 nitrogen and oxygen atoms in total. The fourth-order valence-corrected chi connectivity index (χ4v) is 7.61. The second-order valence-electron chi connectivity index (χ2n) is 17.2. The lowest BCUT2D eigenvalue weighted by Crippen LogP contribution is -2.46. The first kappa shape index (κ1) is 56.1. The van der Waals surface area contributed by atoms with Crippen LogP contribution in [0.15, 0.2) is 36.5 Å². The molecule has 3 N–H and O–H groups in total. The van der Waals surface area contributed by atoms with Crippen LogP contribution in [0.3, 0.4) is 0 Å². The first-order chi connectivity index (χ1) is 28.5. The molecule has 58 heavy (non-hydrogen) atoms. The average molecular weight is 816 g/mol. The molecule has 1 amide bonds. The summed E-state index contributed by atoms with van der Waals surface area (Å²) in [7, 11) is 0. The van der Waals surface area contributed by atoms with Gasteiger partial charge in [0.15, 0.2) is 0 Å². The van der Waals surface area contributed by atoms with Gasteiger partial charge in [0.05, 0.1) is 25.2 Å². The van der Waals surface area contributed by atoms with Gasteiger partial charge in [-0.1, -0.05) is 218 Å². The molecule has 0 bridgehead atoms. The van der Waals surface area contributed by atoms with Crippen LogP contribution in [0.2, 0.25) is 0 Å². The molecule has 0 aliphatic rings. The highest BCUT2D eigenvalue weighted by molar-refractivity contribution is 5.77. The standard InChI is InChI=1S/C52H97NO5/c1-4-7-10-13-16-19-22-24-26-27-29-31-34-37-40-43-48(58-52(57)45-42-39-36-33-30-28-25-23-20-17-14-11-8-5-2)46-51(56)53-49(47-54)50(55)44-41-38-35-32-21-18-15-12-9-6-3/h16,19,24,26,29,31,48-50,54-55H,4-15,17-18,20-23,25,27-28,30,32-47H2,1-3H3,(H,53,56)/b19-16-,26-24-,31-29-. The second kappa shape index (κ2) is 46.2. The summed E-state index contributed by atoms with van der Waals surface area (Å²) < 4.78 is 5.91. The number of aliphatic hydroxyl groups excluding tert-OH is 2. The predicted molar refractivity (Wildman–Crippen MR) is 250 cm³/mol. The molecule has 0 radical (unpaired) electrons. The van der Waals surface area contributed by atoms with Gasteiger partial charge in [-0.2, -0.15) is 0 Å². The molecule has 0 heterocycles. The normalized spacial score (nSPS) is 13.5. The lowest BCUT2D eigenvalue weighted by Gasteiger charge is -2.24. The highest BCUT2D eigenvalue weighted by Gasteiger charge is 2.24. The van der Waals surface area contributed by atoms with E-state index in [9.17, 15) is 19.8 Å². The van der Waals surface area contributed by atoms with E-state index < -0.39 is 18.2 Å². The van der Waals surface area contributed by atoms with E-state index in [-0.39, 0.29) is 24.9 Å². The summed E-state index contributed by atoms with van der Waals surface area (Å²) in [6.45, 7) is 6.44. The van der Waals surface area contributed by atoms with Crippen molar-refractivity contribution >= 4 is 11.9 Å². The monoisotopic (exact) mass is 816 g/mol. The lowest BCUT2D eigenvalue weighted by atomic mass is 10.0. The van der Waals surface area contributed by atoms with E-state index in [0.717, 1.165) is 70.6 Å². The quantitative estimate of drug-likeness (QED) is 0.0323. The zero-order chi connectivity index (χ0) is 42.4. The van der Waals surface area contributed by atoms with Gasteiger partial charge < -0.3 is 20.3 Å². The maximum absolute atomic E-state index is 13.2. The van der Waals surface area contributed by atoms with Crippen molar-refractivity contribution in [2.24, 2.45) is 0 Å². The Bertz CT molecular complexity index is 961. The number of esters is 1. The Morgan fingerprint density at radius 3 is 1.34 bits per heavy atom. The minimum atomic E-state index is -0.794. The van der Waals surface area contributed by atoms with E-state index in [1.54, 1.807) is 0 Å². The SMILES string of the molecule is CCCCC/C=C\C/C=C\C/C=C\CCCCC(CC(=O)NC(CO)C(O)CCCCCCCCCCCC)OC(=O)CCCCCCCCCCCCCCCC. The van der Waals surface area contributed by atoms with Gasteiger partial charge in [-0.05, 0) is 64.2 Å². The van der Waals surface area contributed by atoms with E-state index in [0.29, 0.717) is 19.3 Å². The van der Waals surface area contributed by atoms with Gasteiger partial charge in [-0.3, -0.25) is 9.59 Å². The van der Waals surface area contributed by atoms with E-state index in [2.05, 4.69) is 62.5 Å². The number of rotatable bonds is 45. The molecule has 6 heteroatoms. The van der Waals surface area contributed by atoms with Crippen LogP contribution in [0.5, 0.6) is 0 Å². The fraction of sp³-hybridized carbons (Fsp3) is 0.846. The van der Waals surface area contributed by atoms with Crippen LogP contribution >= 0.6 is 0 Å².